The van der Waals surface area contributed by atoms with E-state index in [2.05, 4.69) is 130 Å². The van der Waals surface area contributed by atoms with Crippen LogP contribution in [0.15, 0.2) is 194 Å². The summed E-state index contributed by atoms with van der Waals surface area (Å²) in [5, 5.41) is 7.39. The van der Waals surface area contributed by atoms with E-state index in [-0.39, 0.29) is 0 Å². The molecule has 0 aliphatic rings. The maximum atomic E-state index is 5.02. The summed E-state index contributed by atoms with van der Waals surface area (Å²) < 4.78 is 4.78. The molecular weight excluding hydrogens is 709 g/mol. The molecule has 0 amide bonds. The fourth-order valence-corrected chi connectivity index (χ4v) is 8.80. The number of fused-ring (bicyclic) bond motifs is 4. The van der Waals surface area contributed by atoms with Crippen molar-refractivity contribution in [2.45, 2.75) is 0 Å². The molecule has 270 valence electrons. The number of aromatic nitrogens is 6. The Bertz CT molecular complexity index is 3440. The molecule has 6 nitrogen and oxygen atoms in total. The number of para-hydroxylation sites is 1. The molecule has 0 radical (unpaired) electrons. The first-order valence-electron chi connectivity index (χ1n) is 19.5. The van der Waals surface area contributed by atoms with Crippen LogP contribution < -0.4 is 0 Å². The van der Waals surface area contributed by atoms with E-state index < -0.39 is 0 Å². The fraction of sp³-hybridized carbons (Fsp3) is 0. The van der Waals surface area contributed by atoms with Gasteiger partial charge in [0.15, 0.2) is 17.5 Å². The van der Waals surface area contributed by atoms with Gasteiger partial charge < -0.3 is 4.57 Å². The Kier molecular flexibility index (Phi) is 7.13. The minimum atomic E-state index is 0.630. The van der Waals surface area contributed by atoms with Crippen LogP contribution in [0.1, 0.15) is 0 Å². The van der Waals surface area contributed by atoms with Gasteiger partial charge in [-0.3, -0.25) is 4.57 Å². The Hall–Kier alpha value is -7.96. The van der Waals surface area contributed by atoms with E-state index in [9.17, 15) is 0 Å². The normalized spacial score (nSPS) is 11.8. The molecule has 4 aromatic heterocycles. The van der Waals surface area contributed by atoms with Gasteiger partial charge in [-0.1, -0.05) is 140 Å². The Morgan fingerprint density at radius 2 is 0.948 bits per heavy atom. The predicted octanol–water partition coefficient (Wildman–Crippen LogP) is 12.7. The number of nitrogens with zero attached hydrogens (tertiary/aromatic N) is 6. The minimum Gasteiger partial charge on any atom is -0.308 e. The Morgan fingerprint density at radius 3 is 1.71 bits per heavy atom. The van der Waals surface area contributed by atoms with Gasteiger partial charge in [-0.2, -0.15) is 0 Å². The van der Waals surface area contributed by atoms with Gasteiger partial charge in [-0.25, -0.2) is 19.9 Å². The Morgan fingerprint density at radius 1 is 0.345 bits per heavy atom. The van der Waals surface area contributed by atoms with Crippen LogP contribution in [0.5, 0.6) is 0 Å². The van der Waals surface area contributed by atoms with Crippen LogP contribution in [-0.4, -0.2) is 29.1 Å². The van der Waals surface area contributed by atoms with Crippen LogP contribution in [0.3, 0.4) is 0 Å². The minimum absolute atomic E-state index is 0.630. The zero-order valence-corrected chi connectivity index (χ0v) is 31.2. The molecule has 0 atom stereocenters. The van der Waals surface area contributed by atoms with Crippen molar-refractivity contribution in [1.82, 2.24) is 29.1 Å². The number of benzene rings is 8. The van der Waals surface area contributed by atoms with Gasteiger partial charge in [0.25, 0.3) is 0 Å². The van der Waals surface area contributed by atoms with E-state index in [1.54, 1.807) is 0 Å². The van der Waals surface area contributed by atoms with Crippen LogP contribution in [0.25, 0.3) is 111 Å². The van der Waals surface area contributed by atoms with E-state index >= 15 is 0 Å². The zero-order chi connectivity index (χ0) is 38.2. The monoisotopic (exact) mass is 740 g/mol. The highest BCUT2D eigenvalue weighted by Crippen LogP contribution is 2.46. The van der Waals surface area contributed by atoms with Gasteiger partial charge >= 0.3 is 0 Å². The van der Waals surface area contributed by atoms with E-state index in [1.807, 2.05) is 72.9 Å². The molecule has 58 heavy (non-hydrogen) atoms. The summed E-state index contributed by atoms with van der Waals surface area (Å²) in [6.45, 7) is 0. The number of hydrogen-bond acceptors (Lipinski definition) is 4. The quantitative estimate of drug-likeness (QED) is 0.159. The summed E-state index contributed by atoms with van der Waals surface area (Å²) in [5.74, 6) is 2.81. The van der Waals surface area contributed by atoms with Crippen molar-refractivity contribution < 1.29 is 0 Å². The van der Waals surface area contributed by atoms with E-state index in [0.717, 1.165) is 50.4 Å². The molecule has 0 N–H and O–H groups in total. The lowest BCUT2D eigenvalue weighted by atomic mass is 9.99. The lowest BCUT2D eigenvalue weighted by Gasteiger charge is -2.13. The third-order valence-corrected chi connectivity index (χ3v) is 11.3. The molecule has 0 bridgehead atoms. The topological polar surface area (TPSA) is 61.4 Å². The van der Waals surface area contributed by atoms with Crippen molar-refractivity contribution in [3.05, 3.63) is 194 Å². The van der Waals surface area contributed by atoms with Crippen LogP contribution in [0.4, 0.5) is 0 Å². The molecule has 4 heterocycles. The first-order chi connectivity index (χ1) is 28.8. The third kappa shape index (κ3) is 4.98. The number of rotatable bonds is 6. The molecule has 12 rings (SSSR count). The van der Waals surface area contributed by atoms with E-state index in [4.69, 9.17) is 19.9 Å². The molecule has 0 aliphatic heterocycles. The van der Waals surface area contributed by atoms with Crippen molar-refractivity contribution in [2.24, 2.45) is 0 Å². The van der Waals surface area contributed by atoms with Crippen LogP contribution in [0, 0.1) is 0 Å². The van der Waals surface area contributed by atoms with Crippen LogP contribution >= 0.6 is 0 Å². The summed E-state index contributed by atoms with van der Waals surface area (Å²) in [6.07, 6.45) is 1.87. The molecule has 6 heteroatoms. The van der Waals surface area contributed by atoms with Crippen LogP contribution in [-0.2, 0) is 0 Å². The summed E-state index contributed by atoms with van der Waals surface area (Å²) >= 11 is 0. The highest BCUT2D eigenvalue weighted by atomic mass is 15.1. The maximum absolute atomic E-state index is 5.02. The summed E-state index contributed by atoms with van der Waals surface area (Å²) in [5.41, 5.74) is 10.7. The van der Waals surface area contributed by atoms with Gasteiger partial charge in [0.2, 0.25) is 0 Å². The first kappa shape index (κ1) is 32.3. The average molecular weight is 741 g/mol. The van der Waals surface area contributed by atoms with Crippen molar-refractivity contribution in [3.8, 4) is 56.8 Å². The lowest BCUT2D eigenvalue weighted by molar-refractivity contribution is 1.07. The van der Waals surface area contributed by atoms with Gasteiger partial charge in [-0.05, 0) is 70.4 Å². The predicted molar refractivity (Wildman–Crippen MR) is 237 cm³/mol. The zero-order valence-electron chi connectivity index (χ0n) is 31.2. The second-order valence-electron chi connectivity index (χ2n) is 14.7. The van der Waals surface area contributed by atoms with Gasteiger partial charge in [-0.15, -0.1) is 0 Å². The second-order valence-corrected chi connectivity index (χ2v) is 14.7. The Balaban J connectivity index is 1.07. The van der Waals surface area contributed by atoms with Crippen molar-refractivity contribution >= 4 is 54.4 Å². The van der Waals surface area contributed by atoms with Crippen LogP contribution in [0.2, 0.25) is 0 Å². The van der Waals surface area contributed by atoms with Crippen molar-refractivity contribution in [2.75, 3.05) is 0 Å². The molecule has 0 spiro atoms. The average Bonchev–Trinajstić information content (AvgIpc) is 3.83. The maximum Gasteiger partial charge on any atom is 0.164 e. The highest BCUT2D eigenvalue weighted by molar-refractivity contribution is 6.33. The van der Waals surface area contributed by atoms with Gasteiger partial charge in [0.1, 0.15) is 5.82 Å². The molecule has 12 aromatic rings. The SMILES string of the molecule is c1ccc(-c2nc(-c3ccccc3)nc(-c3cccc(-c4cccc(-n5c6cccc7ccc8cc9c(c%10ccccc%10n9-c9ccccn9)c5c8c76)c4)c3)n2)cc1. The smallest absolute Gasteiger partial charge is 0.164 e. The highest BCUT2D eigenvalue weighted by Gasteiger charge is 2.24. The summed E-state index contributed by atoms with van der Waals surface area (Å²) in [6, 6.07) is 66.0. The van der Waals surface area contributed by atoms with Gasteiger partial charge in [0.05, 0.1) is 22.1 Å². The summed E-state index contributed by atoms with van der Waals surface area (Å²) in [7, 11) is 0. The van der Waals surface area contributed by atoms with E-state index in [1.165, 1.54) is 43.4 Å². The largest absolute Gasteiger partial charge is 0.308 e. The first-order valence-corrected chi connectivity index (χ1v) is 19.5. The molecule has 0 saturated carbocycles. The standard InChI is InChI=1S/C52H32N6/c1-3-14-34(15-4-1)50-54-51(35-16-5-2-6-17-35)56-52(55-50)39-21-11-19-36(30-39)37-20-12-22-40(31-37)57-43-25-13-18-33-27-28-38-32-44-48(49(57)47(38)46(33)43)41-23-7-8-24-42(41)58(44)45-26-9-10-29-53-45/h1-32H. The Labute approximate surface area is 333 Å². The van der Waals surface area contributed by atoms with Crippen molar-refractivity contribution in [1.29, 1.82) is 0 Å². The van der Waals surface area contributed by atoms with Crippen molar-refractivity contribution in [3.63, 3.8) is 0 Å². The molecule has 0 fully saturated rings. The second kappa shape index (κ2) is 12.8. The fourth-order valence-electron chi connectivity index (χ4n) is 8.80. The third-order valence-electron chi connectivity index (χ3n) is 11.3. The molecule has 0 saturated heterocycles. The van der Waals surface area contributed by atoms with Gasteiger partial charge in [0, 0.05) is 50.1 Å². The van der Waals surface area contributed by atoms with E-state index in [0.29, 0.717) is 17.5 Å². The molecular formula is C52H32N6. The summed E-state index contributed by atoms with van der Waals surface area (Å²) in [4.78, 5) is 19.8. The number of pyridine rings is 1. The lowest BCUT2D eigenvalue weighted by Crippen LogP contribution is -2.00. The molecule has 8 aromatic carbocycles. The number of hydrogen-bond donors (Lipinski definition) is 0. The molecule has 0 unspecified atom stereocenters. The molecule has 0 aliphatic carbocycles.